The molecule has 1 saturated carbocycles. The molecule has 0 atom stereocenters. The van der Waals surface area contributed by atoms with Crippen molar-refractivity contribution in [3.05, 3.63) is 32.1 Å². The van der Waals surface area contributed by atoms with Gasteiger partial charge in [-0.1, -0.05) is 0 Å². The highest BCUT2D eigenvalue weighted by Gasteiger charge is 2.41. The Hall–Kier alpha value is -2.32. The van der Waals surface area contributed by atoms with Crippen LogP contribution in [0, 0.1) is 0 Å². The number of hydrogen-bond donors (Lipinski definition) is 0. The van der Waals surface area contributed by atoms with Gasteiger partial charge >= 0.3 is 5.69 Å². The standard InChI is InChI=1S/C16H19F2N3O4/c1-19-14(23)10-8-12(22)21(9-4-2-5-9)15(24)13(10)20(16(19)25)7-3-6-11(17)18/h9,11H,2-8H2,1H3. The van der Waals surface area contributed by atoms with Gasteiger partial charge in [0.2, 0.25) is 12.3 Å². The molecule has 25 heavy (non-hydrogen) atoms. The maximum Gasteiger partial charge on any atom is 0.331 e. The van der Waals surface area contributed by atoms with E-state index in [1.165, 1.54) is 7.05 Å². The quantitative estimate of drug-likeness (QED) is 0.727. The number of rotatable bonds is 5. The van der Waals surface area contributed by atoms with Crippen LogP contribution in [0.1, 0.15) is 48.2 Å². The molecule has 0 saturated heterocycles. The molecule has 1 aromatic rings. The van der Waals surface area contributed by atoms with E-state index in [0.717, 1.165) is 20.5 Å². The van der Waals surface area contributed by atoms with Gasteiger partial charge in [0.15, 0.2) is 0 Å². The Morgan fingerprint density at radius 3 is 2.40 bits per heavy atom. The average Bonchev–Trinajstić information content (AvgIpc) is 2.50. The van der Waals surface area contributed by atoms with Gasteiger partial charge in [0.1, 0.15) is 5.69 Å². The lowest BCUT2D eigenvalue weighted by Gasteiger charge is -2.38. The minimum absolute atomic E-state index is 0.00707. The molecule has 0 radical (unpaired) electrons. The van der Waals surface area contributed by atoms with Crippen LogP contribution < -0.4 is 11.2 Å². The van der Waals surface area contributed by atoms with Gasteiger partial charge in [0.05, 0.1) is 12.0 Å². The molecule has 0 N–H and O–H groups in total. The van der Waals surface area contributed by atoms with Gasteiger partial charge in [-0.05, 0) is 25.7 Å². The van der Waals surface area contributed by atoms with Crippen molar-refractivity contribution in [2.75, 3.05) is 0 Å². The molecule has 2 heterocycles. The van der Waals surface area contributed by atoms with E-state index in [0.29, 0.717) is 12.8 Å². The number of carbonyl (C=O) groups is 2. The van der Waals surface area contributed by atoms with E-state index in [-0.39, 0.29) is 36.7 Å². The molecule has 1 aliphatic carbocycles. The maximum absolute atomic E-state index is 12.8. The summed E-state index contributed by atoms with van der Waals surface area (Å²) in [6.45, 7) is -0.0991. The molecule has 3 rings (SSSR count). The first-order chi connectivity index (χ1) is 11.8. The van der Waals surface area contributed by atoms with Crippen molar-refractivity contribution in [2.24, 2.45) is 7.05 Å². The molecule has 1 aromatic heterocycles. The second-order valence-corrected chi connectivity index (χ2v) is 6.49. The normalized spacial score (nSPS) is 17.8. The van der Waals surface area contributed by atoms with Crippen LogP contribution in [-0.4, -0.2) is 38.3 Å². The first-order valence-corrected chi connectivity index (χ1v) is 8.30. The minimum atomic E-state index is -2.51. The van der Waals surface area contributed by atoms with Crippen LogP contribution in [0.2, 0.25) is 0 Å². The van der Waals surface area contributed by atoms with Crippen LogP contribution in [0.25, 0.3) is 0 Å². The van der Waals surface area contributed by atoms with E-state index < -0.39 is 35.9 Å². The second-order valence-electron chi connectivity index (χ2n) is 6.49. The number of alkyl halides is 2. The molecule has 2 aliphatic rings. The number of imide groups is 1. The maximum atomic E-state index is 12.8. The summed E-state index contributed by atoms with van der Waals surface area (Å²) < 4.78 is 26.7. The summed E-state index contributed by atoms with van der Waals surface area (Å²) in [6, 6.07) is -0.207. The molecule has 0 bridgehead atoms. The third-order valence-electron chi connectivity index (χ3n) is 4.90. The lowest BCUT2D eigenvalue weighted by atomic mass is 9.89. The van der Waals surface area contributed by atoms with Crippen LogP contribution in [-0.2, 0) is 24.8 Å². The number of nitrogens with zero attached hydrogens (tertiary/aromatic N) is 3. The van der Waals surface area contributed by atoms with Crippen molar-refractivity contribution in [3.63, 3.8) is 0 Å². The van der Waals surface area contributed by atoms with E-state index >= 15 is 0 Å². The average molecular weight is 355 g/mol. The van der Waals surface area contributed by atoms with Crippen molar-refractivity contribution in [1.29, 1.82) is 0 Å². The summed E-state index contributed by atoms with van der Waals surface area (Å²) in [7, 11) is 1.25. The molecule has 0 aromatic carbocycles. The lowest BCUT2D eigenvalue weighted by molar-refractivity contribution is -0.131. The highest BCUT2D eigenvalue weighted by Crippen LogP contribution is 2.29. The van der Waals surface area contributed by atoms with Crippen molar-refractivity contribution >= 4 is 11.8 Å². The molecular formula is C16H19F2N3O4. The third kappa shape index (κ3) is 2.91. The molecule has 9 heteroatoms. The summed E-state index contributed by atoms with van der Waals surface area (Å²) in [5, 5.41) is 0. The van der Waals surface area contributed by atoms with Crippen LogP contribution in [0.5, 0.6) is 0 Å². The van der Waals surface area contributed by atoms with Crippen molar-refractivity contribution in [3.8, 4) is 0 Å². The summed E-state index contributed by atoms with van der Waals surface area (Å²) in [5.74, 6) is -1.11. The van der Waals surface area contributed by atoms with E-state index in [1.807, 2.05) is 0 Å². The number of hydrogen-bond acceptors (Lipinski definition) is 4. The largest absolute Gasteiger partial charge is 0.331 e. The van der Waals surface area contributed by atoms with Gasteiger partial charge < -0.3 is 0 Å². The molecule has 1 aliphatic heterocycles. The van der Waals surface area contributed by atoms with Crippen molar-refractivity contribution in [2.45, 2.75) is 57.5 Å². The van der Waals surface area contributed by atoms with Gasteiger partial charge in [0.25, 0.3) is 11.5 Å². The number of halogens is 2. The zero-order chi connectivity index (χ0) is 18.3. The van der Waals surface area contributed by atoms with Crippen LogP contribution in [0.15, 0.2) is 9.59 Å². The van der Waals surface area contributed by atoms with Crippen LogP contribution in [0.4, 0.5) is 8.78 Å². The Bertz CT molecular complexity index is 839. The Labute approximate surface area is 141 Å². The van der Waals surface area contributed by atoms with Gasteiger partial charge in [-0.25, -0.2) is 13.6 Å². The molecule has 1 fully saturated rings. The highest BCUT2D eigenvalue weighted by atomic mass is 19.3. The lowest BCUT2D eigenvalue weighted by Crippen LogP contribution is -2.56. The smallest absolute Gasteiger partial charge is 0.288 e. The summed E-state index contributed by atoms with van der Waals surface area (Å²) in [4.78, 5) is 51.0. The number of carbonyl (C=O) groups excluding carboxylic acids is 2. The van der Waals surface area contributed by atoms with Gasteiger partial charge in [-0.15, -0.1) is 0 Å². The molecule has 7 nitrogen and oxygen atoms in total. The monoisotopic (exact) mass is 355 g/mol. The molecule has 136 valence electrons. The van der Waals surface area contributed by atoms with E-state index in [4.69, 9.17) is 0 Å². The molecule has 0 spiro atoms. The topological polar surface area (TPSA) is 81.4 Å². The first kappa shape index (κ1) is 17.5. The Kier molecular flexibility index (Phi) is 4.57. The zero-order valence-electron chi connectivity index (χ0n) is 13.8. The number of fused-ring (bicyclic) bond motifs is 1. The van der Waals surface area contributed by atoms with Crippen LogP contribution in [0.3, 0.4) is 0 Å². The summed E-state index contributed by atoms with van der Waals surface area (Å²) in [6.07, 6.45) is -0.870. The van der Waals surface area contributed by atoms with Gasteiger partial charge in [-0.2, -0.15) is 0 Å². The van der Waals surface area contributed by atoms with Crippen molar-refractivity contribution in [1.82, 2.24) is 14.0 Å². The number of aromatic nitrogens is 2. The second kappa shape index (κ2) is 6.53. The van der Waals surface area contributed by atoms with E-state index in [1.54, 1.807) is 0 Å². The minimum Gasteiger partial charge on any atom is -0.288 e. The summed E-state index contributed by atoms with van der Waals surface area (Å²) >= 11 is 0. The fourth-order valence-electron chi connectivity index (χ4n) is 3.32. The summed E-state index contributed by atoms with van der Waals surface area (Å²) in [5.41, 5.74) is -1.55. The SMILES string of the molecule is Cn1c(=O)c2c(n(CCCC(F)F)c1=O)C(=O)N(C1CCC1)C(=O)C2. The van der Waals surface area contributed by atoms with E-state index in [9.17, 15) is 28.0 Å². The van der Waals surface area contributed by atoms with E-state index in [2.05, 4.69) is 0 Å². The van der Waals surface area contributed by atoms with Crippen molar-refractivity contribution < 1.29 is 18.4 Å². The number of amides is 2. The fraction of sp³-hybridized carbons (Fsp3) is 0.625. The molecule has 0 unspecified atom stereocenters. The molecular weight excluding hydrogens is 336 g/mol. The van der Waals surface area contributed by atoms with Crippen LogP contribution >= 0.6 is 0 Å². The first-order valence-electron chi connectivity index (χ1n) is 8.30. The zero-order valence-corrected chi connectivity index (χ0v) is 13.8. The Balaban J connectivity index is 2.08. The molecule has 2 amide bonds. The predicted octanol–water partition coefficient (Wildman–Crippen LogP) is 0.670. The van der Waals surface area contributed by atoms with Gasteiger partial charge in [-0.3, -0.25) is 28.4 Å². The van der Waals surface area contributed by atoms with Gasteiger partial charge in [0, 0.05) is 26.1 Å². The fourth-order valence-corrected chi connectivity index (χ4v) is 3.32. The third-order valence-corrected chi connectivity index (χ3v) is 4.90. The predicted molar refractivity (Wildman–Crippen MR) is 83.7 cm³/mol. The highest BCUT2D eigenvalue weighted by molar-refractivity contribution is 6.09. The Morgan fingerprint density at radius 2 is 1.84 bits per heavy atom. The Morgan fingerprint density at radius 1 is 1.16 bits per heavy atom.